The number of hydrogen-bond donors (Lipinski definition) is 0. The van der Waals surface area contributed by atoms with E-state index < -0.39 is 18.2 Å². The van der Waals surface area contributed by atoms with Gasteiger partial charge in [-0.25, -0.2) is 0 Å². The molecular formula is C17H16O4. The van der Waals surface area contributed by atoms with Crippen LogP contribution in [0.15, 0.2) is 48.5 Å². The average Bonchev–Trinajstić information content (AvgIpc) is 2.43. The summed E-state index contributed by atoms with van der Waals surface area (Å²) in [6.07, 6.45) is 2.31. The van der Waals surface area contributed by atoms with Crippen LogP contribution in [0.3, 0.4) is 0 Å². The van der Waals surface area contributed by atoms with Crippen LogP contribution in [-0.2, 0) is 19.1 Å². The van der Waals surface area contributed by atoms with Crippen molar-refractivity contribution < 1.29 is 19.1 Å². The van der Waals surface area contributed by atoms with Gasteiger partial charge in [-0.05, 0) is 22.4 Å². The molecule has 0 amide bonds. The first-order valence-electron chi connectivity index (χ1n) is 6.56. The van der Waals surface area contributed by atoms with E-state index in [0.717, 1.165) is 16.3 Å². The highest BCUT2D eigenvalue weighted by Gasteiger charge is 2.11. The SMILES string of the molecule is CC(=O)OC(/C=C/c1cccc2ccccc12)OC(C)=O. The fraction of sp³-hybridized carbons (Fsp3) is 0.176. The standard InChI is InChI=1S/C17H16O4/c1-12(18)20-17(21-13(2)19)11-10-15-8-5-7-14-6-3-4-9-16(14)15/h3-11,17H,1-2H3/b11-10+. The lowest BCUT2D eigenvalue weighted by Gasteiger charge is -2.12. The van der Waals surface area contributed by atoms with Crippen molar-refractivity contribution in [2.45, 2.75) is 20.1 Å². The van der Waals surface area contributed by atoms with Gasteiger partial charge in [0.15, 0.2) is 0 Å². The minimum atomic E-state index is -1.01. The molecule has 0 aliphatic heterocycles. The first-order chi connectivity index (χ1) is 10.1. The summed E-state index contributed by atoms with van der Waals surface area (Å²) in [5.41, 5.74) is 0.956. The molecule has 0 aromatic heterocycles. The van der Waals surface area contributed by atoms with Crippen molar-refractivity contribution in [2.24, 2.45) is 0 Å². The van der Waals surface area contributed by atoms with Crippen LogP contribution in [-0.4, -0.2) is 18.2 Å². The Kier molecular flexibility index (Phi) is 4.72. The predicted molar refractivity (Wildman–Crippen MR) is 80.3 cm³/mol. The van der Waals surface area contributed by atoms with E-state index in [-0.39, 0.29) is 0 Å². The predicted octanol–water partition coefficient (Wildman–Crippen LogP) is 3.31. The van der Waals surface area contributed by atoms with Gasteiger partial charge < -0.3 is 9.47 Å². The van der Waals surface area contributed by atoms with Crippen molar-refractivity contribution in [3.05, 3.63) is 54.1 Å². The molecule has 21 heavy (non-hydrogen) atoms. The quantitative estimate of drug-likeness (QED) is 0.638. The Hall–Kier alpha value is -2.62. The second kappa shape index (κ2) is 6.70. The Morgan fingerprint density at radius 1 is 0.952 bits per heavy atom. The molecule has 0 fully saturated rings. The smallest absolute Gasteiger partial charge is 0.305 e. The van der Waals surface area contributed by atoms with Crippen LogP contribution >= 0.6 is 0 Å². The summed E-state index contributed by atoms with van der Waals surface area (Å²) in [4.78, 5) is 22.0. The van der Waals surface area contributed by atoms with Crippen molar-refractivity contribution in [2.75, 3.05) is 0 Å². The molecule has 4 heteroatoms. The zero-order chi connectivity index (χ0) is 15.2. The molecule has 0 saturated carbocycles. The fourth-order valence-electron chi connectivity index (χ4n) is 2.01. The van der Waals surface area contributed by atoms with Crippen LogP contribution in [0.5, 0.6) is 0 Å². The Labute approximate surface area is 123 Å². The van der Waals surface area contributed by atoms with Gasteiger partial charge in [0.1, 0.15) is 0 Å². The first-order valence-corrected chi connectivity index (χ1v) is 6.56. The number of rotatable bonds is 4. The molecule has 0 aliphatic rings. The number of hydrogen-bond acceptors (Lipinski definition) is 4. The molecule has 0 atom stereocenters. The fourth-order valence-corrected chi connectivity index (χ4v) is 2.01. The molecule has 0 aliphatic carbocycles. The van der Waals surface area contributed by atoms with Crippen molar-refractivity contribution >= 4 is 28.8 Å². The maximum absolute atomic E-state index is 11.0. The molecule has 0 bridgehead atoms. The molecule has 2 rings (SSSR count). The highest BCUT2D eigenvalue weighted by Crippen LogP contribution is 2.20. The van der Waals surface area contributed by atoms with Crippen LogP contribution in [0.1, 0.15) is 19.4 Å². The Morgan fingerprint density at radius 3 is 2.24 bits per heavy atom. The maximum atomic E-state index is 11.0. The minimum Gasteiger partial charge on any atom is -0.421 e. The Balaban J connectivity index is 2.27. The van der Waals surface area contributed by atoms with Crippen molar-refractivity contribution in [1.82, 2.24) is 0 Å². The van der Waals surface area contributed by atoms with Crippen LogP contribution in [0, 0.1) is 0 Å². The summed E-state index contributed by atoms with van der Waals surface area (Å²) in [6.45, 7) is 2.53. The van der Waals surface area contributed by atoms with Crippen LogP contribution in [0.2, 0.25) is 0 Å². The summed E-state index contributed by atoms with van der Waals surface area (Å²) in [7, 11) is 0. The third kappa shape index (κ3) is 4.18. The van der Waals surface area contributed by atoms with Gasteiger partial charge in [0.05, 0.1) is 0 Å². The van der Waals surface area contributed by atoms with Crippen LogP contribution in [0.25, 0.3) is 16.8 Å². The van der Waals surface area contributed by atoms with E-state index in [4.69, 9.17) is 9.47 Å². The van der Waals surface area contributed by atoms with E-state index in [1.807, 2.05) is 42.5 Å². The van der Waals surface area contributed by atoms with Gasteiger partial charge in [0, 0.05) is 13.8 Å². The molecule has 0 N–H and O–H groups in total. The van der Waals surface area contributed by atoms with Crippen LogP contribution < -0.4 is 0 Å². The monoisotopic (exact) mass is 284 g/mol. The molecule has 0 saturated heterocycles. The molecule has 0 spiro atoms. The second-order valence-electron chi connectivity index (χ2n) is 4.51. The highest BCUT2D eigenvalue weighted by molar-refractivity contribution is 5.90. The van der Waals surface area contributed by atoms with Crippen LogP contribution in [0.4, 0.5) is 0 Å². The van der Waals surface area contributed by atoms with Gasteiger partial charge in [-0.2, -0.15) is 0 Å². The van der Waals surface area contributed by atoms with E-state index in [9.17, 15) is 9.59 Å². The third-order valence-corrected chi connectivity index (χ3v) is 2.82. The largest absolute Gasteiger partial charge is 0.421 e. The van der Waals surface area contributed by atoms with Crippen molar-refractivity contribution in [3.8, 4) is 0 Å². The highest BCUT2D eigenvalue weighted by atomic mass is 16.7. The molecule has 2 aromatic carbocycles. The number of fused-ring (bicyclic) bond motifs is 1. The van der Waals surface area contributed by atoms with Crippen molar-refractivity contribution in [3.63, 3.8) is 0 Å². The van der Waals surface area contributed by atoms with E-state index >= 15 is 0 Å². The van der Waals surface area contributed by atoms with E-state index in [0.29, 0.717) is 0 Å². The number of carbonyl (C=O) groups excluding carboxylic acids is 2. The van der Waals surface area contributed by atoms with Gasteiger partial charge in [-0.1, -0.05) is 48.5 Å². The van der Waals surface area contributed by atoms with E-state index in [2.05, 4.69) is 0 Å². The first kappa shape index (κ1) is 14.8. The zero-order valence-corrected chi connectivity index (χ0v) is 11.9. The van der Waals surface area contributed by atoms with E-state index in [1.54, 1.807) is 12.2 Å². The summed E-state index contributed by atoms with van der Waals surface area (Å²) in [6, 6.07) is 13.8. The van der Waals surface area contributed by atoms with Gasteiger partial charge in [-0.3, -0.25) is 9.59 Å². The molecule has 0 radical (unpaired) electrons. The maximum Gasteiger partial charge on any atom is 0.305 e. The molecular weight excluding hydrogens is 268 g/mol. The molecule has 0 heterocycles. The number of benzene rings is 2. The van der Waals surface area contributed by atoms with Gasteiger partial charge >= 0.3 is 11.9 Å². The summed E-state index contributed by atoms with van der Waals surface area (Å²) >= 11 is 0. The summed E-state index contributed by atoms with van der Waals surface area (Å²) in [5, 5.41) is 2.18. The van der Waals surface area contributed by atoms with Gasteiger partial charge in [-0.15, -0.1) is 0 Å². The lowest BCUT2D eigenvalue weighted by Crippen LogP contribution is -2.19. The third-order valence-electron chi connectivity index (χ3n) is 2.82. The average molecular weight is 284 g/mol. The molecule has 0 unspecified atom stereocenters. The Morgan fingerprint density at radius 2 is 1.57 bits per heavy atom. The topological polar surface area (TPSA) is 52.6 Å². The lowest BCUT2D eigenvalue weighted by molar-refractivity contribution is -0.176. The summed E-state index contributed by atoms with van der Waals surface area (Å²) < 4.78 is 9.85. The normalized spacial score (nSPS) is 11.0. The molecule has 108 valence electrons. The lowest BCUT2D eigenvalue weighted by atomic mass is 10.0. The second-order valence-corrected chi connectivity index (χ2v) is 4.51. The van der Waals surface area contributed by atoms with E-state index in [1.165, 1.54) is 13.8 Å². The molecule has 4 nitrogen and oxygen atoms in total. The molecule has 2 aromatic rings. The van der Waals surface area contributed by atoms with Gasteiger partial charge in [0.2, 0.25) is 0 Å². The number of carbonyl (C=O) groups is 2. The van der Waals surface area contributed by atoms with Crippen molar-refractivity contribution in [1.29, 1.82) is 0 Å². The zero-order valence-electron chi connectivity index (χ0n) is 11.9. The number of esters is 2. The number of ether oxygens (including phenoxy) is 2. The van der Waals surface area contributed by atoms with Gasteiger partial charge in [0.25, 0.3) is 6.29 Å². The summed E-state index contributed by atoms with van der Waals surface area (Å²) in [5.74, 6) is -1.02. The Bertz CT molecular complexity index is 667. The minimum absolute atomic E-state index is 0.510.